The highest BCUT2D eigenvalue weighted by atomic mass is 79.9. The number of anilines is 2. The molecule has 1 unspecified atom stereocenters. The molecule has 2 aromatic carbocycles. The Balaban J connectivity index is 1.77. The number of rotatable bonds is 3. The number of carbonyl (C=O) groups is 1. The molecule has 0 saturated carbocycles. The predicted molar refractivity (Wildman–Crippen MR) is 87.0 cm³/mol. The maximum atomic E-state index is 12.4. The number of methoxy groups -OCH3 is 1. The van der Waals surface area contributed by atoms with Crippen LogP contribution < -0.4 is 15.4 Å². The fourth-order valence-electron chi connectivity index (χ4n) is 2.49. The van der Waals surface area contributed by atoms with Gasteiger partial charge in [-0.25, -0.2) is 0 Å². The molecule has 1 heterocycles. The van der Waals surface area contributed by atoms with Crippen molar-refractivity contribution in [3.8, 4) is 5.75 Å². The highest BCUT2D eigenvalue weighted by Gasteiger charge is 2.28. The van der Waals surface area contributed by atoms with E-state index in [0.29, 0.717) is 6.54 Å². The van der Waals surface area contributed by atoms with Gasteiger partial charge in [-0.05, 0) is 45.8 Å². The van der Waals surface area contributed by atoms with Gasteiger partial charge < -0.3 is 15.4 Å². The lowest BCUT2D eigenvalue weighted by atomic mass is 10.0. The average Bonchev–Trinajstić information content (AvgIpc) is 2.91. The standard InChI is InChI=1S/C16H15BrN2O2/c1-21-15-7-6-10(8-13(15)17)19-16(20)12-9-18-14-5-3-2-4-11(12)14/h2-8,12,18H,9H2,1H3,(H,19,20). The minimum absolute atomic E-state index is 0.00971. The fraction of sp³-hybridized carbons (Fsp3) is 0.188. The molecule has 1 atom stereocenters. The number of amides is 1. The lowest BCUT2D eigenvalue weighted by Crippen LogP contribution is -2.22. The van der Waals surface area contributed by atoms with Gasteiger partial charge in [0.15, 0.2) is 0 Å². The number of ether oxygens (including phenoxy) is 1. The third-order valence-corrected chi connectivity index (χ3v) is 4.19. The molecule has 0 spiro atoms. The van der Waals surface area contributed by atoms with Crippen LogP contribution in [-0.2, 0) is 4.79 Å². The van der Waals surface area contributed by atoms with E-state index in [1.165, 1.54) is 0 Å². The first-order chi connectivity index (χ1) is 10.2. The van der Waals surface area contributed by atoms with Crippen LogP contribution in [0, 0.1) is 0 Å². The van der Waals surface area contributed by atoms with Gasteiger partial charge in [0, 0.05) is 17.9 Å². The molecule has 21 heavy (non-hydrogen) atoms. The molecule has 0 fully saturated rings. The Morgan fingerprint density at radius 2 is 2.14 bits per heavy atom. The highest BCUT2D eigenvalue weighted by Crippen LogP contribution is 2.33. The summed E-state index contributed by atoms with van der Waals surface area (Å²) in [7, 11) is 1.61. The van der Waals surface area contributed by atoms with Gasteiger partial charge in [-0.2, -0.15) is 0 Å². The third kappa shape index (κ3) is 2.74. The van der Waals surface area contributed by atoms with E-state index >= 15 is 0 Å². The normalized spacial score (nSPS) is 16.0. The largest absolute Gasteiger partial charge is 0.496 e. The zero-order chi connectivity index (χ0) is 14.8. The topological polar surface area (TPSA) is 50.4 Å². The molecule has 0 aliphatic carbocycles. The van der Waals surface area contributed by atoms with Gasteiger partial charge >= 0.3 is 0 Å². The van der Waals surface area contributed by atoms with Crippen LogP contribution in [0.5, 0.6) is 5.75 Å². The Morgan fingerprint density at radius 1 is 1.33 bits per heavy atom. The Hall–Kier alpha value is -2.01. The summed E-state index contributed by atoms with van der Waals surface area (Å²) < 4.78 is 5.99. The summed E-state index contributed by atoms with van der Waals surface area (Å²) >= 11 is 3.42. The number of fused-ring (bicyclic) bond motifs is 1. The molecule has 4 nitrogen and oxygen atoms in total. The lowest BCUT2D eigenvalue weighted by molar-refractivity contribution is -0.117. The minimum atomic E-state index is -0.165. The van der Waals surface area contributed by atoms with Crippen molar-refractivity contribution in [3.63, 3.8) is 0 Å². The minimum Gasteiger partial charge on any atom is -0.496 e. The predicted octanol–water partition coefficient (Wildman–Crippen LogP) is 3.61. The van der Waals surface area contributed by atoms with Crippen molar-refractivity contribution in [2.75, 3.05) is 24.3 Å². The Labute approximate surface area is 131 Å². The summed E-state index contributed by atoms with van der Waals surface area (Å²) in [6.45, 7) is 0.627. The zero-order valence-electron chi connectivity index (χ0n) is 11.5. The van der Waals surface area contributed by atoms with Gasteiger partial charge in [0.2, 0.25) is 5.91 Å². The molecule has 2 aromatic rings. The maximum absolute atomic E-state index is 12.4. The third-order valence-electron chi connectivity index (χ3n) is 3.57. The van der Waals surface area contributed by atoms with Gasteiger partial charge in [0.1, 0.15) is 5.75 Å². The smallest absolute Gasteiger partial charge is 0.233 e. The van der Waals surface area contributed by atoms with Gasteiger partial charge in [-0.1, -0.05) is 18.2 Å². The number of nitrogens with one attached hydrogen (secondary N) is 2. The van der Waals surface area contributed by atoms with Crippen LogP contribution >= 0.6 is 15.9 Å². The Kier molecular flexibility index (Phi) is 3.84. The number of halogens is 1. The number of benzene rings is 2. The molecule has 2 N–H and O–H groups in total. The summed E-state index contributed by atoms with van der Waals surface area (Å²) in [4.78, 5) is 12.4. The van der Waals surface area contributed by atoms with Crippen molar-refractivity contribution in [2.45, 2.75) is 5.92 Å². The number of carbonyl (C=O) groups excluding carboxylic acids is 1. The first kappa shape index (κ1) is 13.9. The van der Waals surface area contributed by atoms with Crippen LogP contribution in [0.1, 0.15) is 11.5 Å². The molecule has 0 aromatic heterocycles. The summed E-state index contributed by atoms with van der Waals surface area (Å²) in [5.74, 6) is 0.562. The zero-order valence-corrected chi connectivity index (χ0v) is 13.1. The van der Waals surface area contributed by atoms with Gasteiger partial charge in [0.05, 0.1) is 17.5 Å². The molecular formula is C16H15BrN2O2. The molecule has 1 aliphatic heterocycles. The summed E-state index contributed by atoms with van der Waals surface area (Å²) in [5.41, 5.74) is 2.83. The molecule has 108 valence electrons. The lowest BCUT2D eigenvalue weighted by Gasteiger charge is -2.12. The number of hydrogen-bond acceptors (Lipinski definition) is 3. The SMILES string of the molecule is COc1ccc(NC(=O)C2CNc3ccccc32)cc1Br. The summed E-state index contributed by atoms with van der Waals surface area (Å²) in [5, 5.41) is 6.21. The number of para-hydroxylation sites is 1. The van der Waals surface area contributed by atoms with Crippen LogP contribution in [0.25, 0.3) is 0 Å². The molecule has 5 heteroatoms. The molecule has 3 rings (SSSR count). The molecule has 0 bridgehead atoms. The van der Waals surface area contributed by atoms with Crippen LogP contribution in [0.2, 0.25) is 0 Å². The van der Waals surface area contributed by atoms with Crippen LogP contribution in [0.3, 0.4) is 0 Å². The van der Waals surface area contributed by atoms with Gasteiger partial charge in [-0.15, -0.1) is 0 Å². The van der Waals surface area contributed by atoms with Crippen molar-refractivity contribution in [1.82, 2.24) is 0 Å². The van der Waals surface area contributed by atoms with Crippen molar-refractivity contribution in [1.29, 1.82) is 0 Å². The van der Waals surface area contributed by atoms with Gasteiger partial charge in [-0.3, -0.25) is 4.79 Å². The summed E-state index contributed by atoms with van der Waals surface area (Å²) in [6.07, 6.45) is 0. The second-order valence-corrected chi connectivity index (χ2v) is 5.71. The van der Waals surface area contributed by atoms with Crippen LogP contribution in [-0.4, -0.2) is 19.6 Å². The van der Waals surface area contributed by atoms with E-state index in [0.717, 1.165) is 27.2 Å². The Bertz CT molecular complexity index is 688. The first-order valence-corrected chi connectivity index (χ1v) is 7.45. The molecule has 0 radical (unpaired) electrons. The van der Waals surface area contributed by atoms with Crippen molar-refractivity contribution < 1.29 is 9.53 Å². The molecule has 1 aliphatic rings. The average molecular weight is 347 g/mol. The summed E-state index contributed by atoms with van der Waals surface area (Å²) in [6, 6.07) is 13.4. The van der Waals surface area contributed by atoms with Crippen LogP contribution in [0.15, 0.2) is 46.9 Å². The van der Waals surface area contributed by atoms with E-state index in [2.05, 4.69) is 26.6 Å². The van der Waals surface area contributed by atoms with E-state index in [1.807, 2.05) is 42.5 Å². The maximum Gasteiger partial charge on any atom is 0.233 e. The van der Waals surface area contributed by atoms with Crippen molar-refractivity contribution in [2.24, 2.45) is 0 Å². The molecular weight excluding hydrogens is 332 g/mol. The van der Waals surface area contributed by atoms with E-state index in [9.17, 15) is 4.79 Å². The van der Waals surface area contributed by atoms with E-state index in [1.54, 1.807) is 7.11 Å². The second-order valence-electron chi connectivity index (χ2n) is 4.86. The highest BCUT2D eigenvalue weighted by molar-refractivity contribution is 9.10. The molecule has 1 amide bonds. The van der Waals surface area contributed by atoms with Crippen LogP contribution in [0.4, 0.5) is 11.4 Å². The molecule has 0 saturated heterocycles. The second kappa shape index (κ2) is 5.77. The van der Waals surface area contributed by atoms with E-state index < -0.39 is 0 Å². The van der Waals surface area contributed by atoms with Gasteiger partial charge in [0.25, 0.3) is 0 Å². The monoisotopic (exact) mass is 346 g/mol. The van der Waals surface area contributed by atoms with Crippen molar-refractivity contribution >= 4 is 33.2 Å². The Morgan fingerprint density at radius 3 is 2.90 bits per heavy atom. The van der Waals surface area contributed by atoms with E-state index in [4.69, 9.17) is 4.74 Å². The quantitative estimate of drug-likeness (QED) is 0.892. The van der Waals surface area contributed by atoms with Crippen molar-refractivity contribution in [3.05, 3.63) is 52.5 Å². The number of hydrogen-bond donors (Lipinski definition) is 2. The fourth-order valence-corrected chi connectivity index (χ4v) is 3.03. The first-order valence-electron chi connectivity index (χ1n) is 6.66. The van der Waals surface area contributed by atoms with E-state index in [-0.39, 0.29) is 11.8 Å².